The number of benzene rings is 1. The molecular weight excluding hydrogens is 512 g/mol. The second kappa shape index (κ2) is 12.3. The van der Waals surface area contributed by atoms with Gasteiger partial charge in [0.15, 0.2) is 5.84 Å². The Bertz CT molecular complexity index is 1610. The molecule has 0 saturated heterocycles. The maximum atomic E-state index is 5.36. The molecule has 0 amide bonds. The lowest BCUT2D eigenvalue weighted by Gasteiger charge is -2.30. The Kier molecular flexibility index (Phi) is 7.77. The molecule has 210 valence electrons. The van der Waals surface area contributed by atoms with Crippen LogP contribution in [-0.2, 0) is 0 Å². The van der Waals surface area contributed by atoms with Crippen molar-refractivity contribution in [3.63, 3.8) is 0 Å². The summed E-state index contributed by atoms with van der Waals surface area (Å²) in [5, 5.41) is 3.66. The van der Waals surface area contributed by atoms with Crippen LogP contribution in [0, 0.1) is 5.92 Å². The van der Waals surface area contributed by atoms with Crippen molar-refractivity contribution in [1.82, 2.24) is 10.3 Å². The first-order valence-electron chi connectivity index (χ1n) is 15.6. The van der Waals surface area contributed by atoms with Gasteiger partial charge in [-0.15, -0.1) is 0 Å². The number of nitrogens with zero attached hydrogens (tertiary/aromatic N) is 3. The first-order valence-corrected chi connectivity index (χ1v) is 15.6. The fourth-order valence-corrected chi connectivity index (χ4v) is 6.50. The molecular formula is C38H38N4. The zero-order chi connectivity index (χ0) is 28.1. The monoisotopic (exact) mass is 550 g/mol. The Morgan fingerprint density at radius 1 is 0.810 bits per heavy atom. The van der Waals surface area contributed by atoms with Gasteiger partial charge in [0, 0.05) is 23.0 Å². The van der Waals surface area contributed by atoms with Crippen LogP contribution in [0.25, 0.3) is 11.1 Å². The minimum atomic E-state index is -0.0180. The van der Waals surface area contributed by atoms with Crippen molar-refractivity contribution in [1.29, 1.82) is 0 Å². The second-order valence-corrected chi connectivity index (χ2v) is 11.7. The molecule has 5 aliphatic rings. The molecule has 0 fully saturated rings. The third kappa shape index (κ3) is 5.72. The van der Waals surface area contributed by atoms with E-state index >= 15 is 0 Å². The number of aliphatic imine (C=N–C) groups is 2. The van der Waals surface area contributed by atoms with E-state index in [1.807, 2.05) is 0 Å². The van der Waals surface area contributed by atoms with Crippen molar-refractivity contribution in [2.75, 3.05) is 0 Å². The molecule has 0 bridgehead atoms. The average molecular weight is 551 g/mol. The summed E-state index contributed by atoms with van der Waals surface area (Å²) < 4.78 is 0. The zero-order valence-electron chi connectivity index (χ0n) is 24.1. The van der Waals surface area contributed by atoms with Gasteiger partial charge in [-0.3, -0.25) is 0 Å². The number of hydrogen-bond acceptors (Lipinski definition) is 4. The topological polar surface area (TPSA) is 49.6 Å². The molecule has 2 aromatic rings. The summed E-state index contributed by atoms with van der Waals surface area (Å²) in [5.41, 5.74) is 8.19. The number of nitrogens with one attached hydrogen (secondary N) is 1. The number of rotatable bonds is 6. The quantitative estimate of drug-likeness (QED) is 0.366. The van der Waals surface area contributed by atoms with Crippen LogP contribution >= 0.6 is 0 Å². The Balaban J connectivity index is 1.25. The summed E-state index contributed by atoms with van der Waals surface area (Å²) in [6, 6.07) is 15.0. The number of amidine groups is 2. The van der Waals surface area contributed by atoms with Gasteiger partial charge in [0.1, 0.15) is 12.0 Å². The number of aromatic nitrogens is 1. The Morgan fingerprint density at radius 3 is 2.55 bits per heavy atom. The molecule has 4 heteroatoms. The highest BCUT2D eigenvalue weighted by atomic mass is 15.2. The summed E-state index contributed by atoms with van der Waals surface area (Å²) in [6.45, 7) is 0. The molecule has 1 N–H and O–H groups in total. The highest BCUT2D eigenvalue weighted by Crippen LogP contribution is 2.35. The van der Waals surface area contributed by atoms with Crippen molar-refractivity contribution in [2.24, 2.45) is 15.9 Å². The van der Waals surface area contributed by atoms with E-state index in [1.165, 1.54) is 23.1 Å². The molecule has 2 heterocycles. The number of allylic oxidation sites excluding steroid dienone is 11. The fourth-order valence-electron chi connectivity index (χ4n) is 6.50. The van der Waals surface area contributed by atoms with Gasteiger partial charge in [0.25, 0.3) is 0 Å². The van der Waals surface area contributed by atoms with Crippen molar-refractivity contribution < 1.29 is 0 Å². The molecule has 42 heavy (non-hydrogen) atoms. The van der Waals surface area contributed by atoms with Gasteiger partial charge in [-0.1, -0.05) is 97.2 Å². The molecule has 4 aliphatic carbocycles. The van der Waals surface area contributed by atoms with Crippen molar-refractivity contribution in [3.8, 4) is 0 Å². The smallest absolute Gasteiger partial charge is 0.158 e. The van der Waals surface area contributed by atoms with E-state index in [-0.39, 0.29) is 6.17 Å². The number of hydrogen-bond donors (Lipinski definition) is 1. The zero-order valence-corrected chi connectivity index (χ0v) is 24.1. The van der Waals surface area contributed by atoms with Crippen molar-refractivity contribution in [2.45, 2.75) is 63.5 Å². The Morgan fingerprint density at radius 2 is 1.74 bits per heavy atom. The van der Waals surface area contributed by atoms with Gasteiger partial charge in [-0.05, 0) is 80.2 Å². The largest absolute Gasteiger partial charge is 0.347 e. The van der Waals surface area contributed by atoms with Crippen LogP contribution in [-0.4, -0.2) is 22.8 Å². The van der Waals surface area contributed by atoms with Gasteiger partial charge < -0.3 is 5.32 Å². The molecule has 1 aliphatic heterocycles. The summed E-state index contributed by atoms with van der Waals surface area (Å²) >= 11 is 0. The first kappa shape index (κ1) is 26.6. The Labute approximate surface area is 249 Å². The van der Waals surface area contributed by atoms with Crippen LogP contribution in [0.5, 0.6) is 0 Å². The minimum absolute atomic E-state index is 0.0180. The lowest BCUT2D eigenvalue weighted by Crippen LogP contribution is -2.43. The van der Waals surface area contributed by atoms with Gasteiger partial charge in [0.2, 0.25) is 0 Å². The lowest BCUT2D eigenvalue weighted by molar-refractivity contribution is 0.424. The summed E-state index contributed by atoms with van der Waals surface area (Å²) in [6.07, 6.45) is 33.6. The standard InChI is InChI=1S/C38H38N4/c1-5-14-27(15-6-1)33-24-25-34(39-35(33)28-16-7-2-8-17-28)31-22-13-23-32(26-31)38-41-36(29-18-9-3-10-19-29)40-37(42-38)30-20-11-4-12-21-30/h1,3,5-7,9-11,14,16-20,23-27,30,37H,2,4,8,12-13,15,21-22H2,(H,40,41,42). The summed E-state index contributed by atoms with van der Waals surface area (Å²) in [7, 11) is 0. The normalized spacial score (nSPS) is 25.1. The Hall–Kier alpha value is -4.31. The molecule has 0 radical (unpaired) electrons. The van der Waals surface area contributed by atoms with E-state index in [9.17, 15) is 0 Å². The van der Waals surface area contributed by atoms with E-state index in [0.29, 0.717) is 11.8 Å². The van der Waals surface area contributed by atoms with Crippen LogP contribution in [0.2, 0.25) is 0 Å². The van der Waals surface area contributed by atoms with Crippen LogP contribution in [0.4, 0.5) is 0 Å². The van der Waals surface area contributed by atoms with Crippen molar-refractivity contribution >= 4 is 22.8 Å². The van der Waals surface area contributed by atoms with Gasteiger partial charge in [-0.2, -0.15) is 0 Å². The van der Waals surface area contributed by atoms with E-state index in [2.05, 4.69) is 115 Å². The maximum absolute atomic E-state index is 5.36. The predicted octanol–water partition coefficient (Wildman–Crippen LogP) is 8.65. The maximum Gasteiger partial charge on any atom is 0.158 e. The van der Waals surface area contributed by atoms with Crippen LogP contribution < -0.4 is 5.32 Å². The SMILES string of the molecule is C1=CCC(c2ccc(C3=CC(C4=NC(C5C=CCCC5)NC(c5ccccc5)=N4)=CCC3)nc2C2=CCCC=C2)C=C1. The molecule has 4 nitrogen and oxygen atoms in total. The molecule has 0 spiro atoms. The molecule has 1 aromatic heterocycles. The minimum Gasteiger partial charge on any atom is -0.347 e. The fraction of sp³-hybridized carbons (Fsp3) is 0.289. The average Bonchev–Trinajstić information content (AvgIpc) is 3.09. The molecule has 3 unspecified atom stereocenters. The van der Waals surface area contributed by atoms with E-state index < -0.39 is 0 Å². The third-order valence-electron chi connectivity index (χ3n) is 8.78. The van der Waals surface area contributed by atoms with E-state index in [4.69, 9.17) is 15.0 Å². The van der Waals surface area contributed by atoms with Gasteiger partial charge >= 0.3 is 0 Å². The van der Waals surface area contributed by atoms with Gasteiger partial charge in [-0.25, -0.2) is 15.0 Å². The highest BCUT2D eigenvalue weighted by molar-refractivity contribution is 6.14. The third-order valence-corrected chi connectivity index (χ3v) is 8.78. The van der Waals surface area contributed by atoms with Crippen molar-refractivity contribution in [3.05, 3.63) is 137 Å². The molecule has 3 atom stereocenters. The van der Waals surface area contributed by atoms with Crippen LogP contribution in [0.3, 0.4) is 0 Å². The predicted molar refractivity (Wildman–Crippen MR) is 175 cm³/mol. The summed E-state index contributed by atoms with van der Waals surface area (Å²) in [5.74, 6) is 2.45. The molecule has 0 saturated carbocycles. The highest BCUT2D eigenvalue weighted by Gasteiger charge is 2.27. The second-order valence-electron chi connectivity index (χ2n) is 11.7. The van der Waals surface area contributed by atoms with Crippen LogP contribution in [0.1, 0.15) is 79.8 Å². The first-order chi connectivity index (χ1) is 20.8. The summed E-state index contributed by atoms with van der Waals surface area (Å²) in [4.78, 5) is 15.6. The number of pyridine rings is 1. The van der Waals surface area contributed by atoms with Crippen LogP contribution in [0.15, 0.2) is 125 Å². The molecule has 1 aromatic carbocycles. The molecule has 7 rings (SSSR count). The van der Waals surface area contributed by atoms with Gasteiger partial charge in [0.05, 0.1) is 11.4 Å². The van der Waals surface area contributed by atoms with E-state index in [1.54, 1.807) is 0 Å². The lowest BCUT2D eigenvalue weighted by atomic mass is 9.87. The van der Waals surface area contributed by atoms with E-state index in [0.717, 1.165) is 79.1 Å².